The van der Waals surface area contributed by atoms with Crippen LogP contribution in [0.1, 0.15) is 32.6 Å². The van der Waals surface area contributed by atoms with Gasteiger partial charge in [0.25, 0.3) is 5.91 Å². The first-order valence-corrected chi connectivity index (χ1v) is 7.51. The minimum Gasteiger partial charge on any atom is -0.462 e. The Hall–Kier alpha value is -1.93. The van der Waals surface area contributed by atoms with E-state index < -0.39 is 5.97 Å². The van der Waals surface area contributed by atoms with Crippen LogP contribution in [0.5, 0.6) is 0 Å². The van der Waals surface area contributed by atoms with E-state index in [1.54, 1.807) is 25.3 Å². The number of hydrogen-bond acceptors (Lipinski definition) is 7. The average Bonchev–Trinajstić information content (AvgIpc) is 2.96. The van der Waals surface area contributed by atoms with E-state index in [0.29, 0.717) is 26.3 Å². The maximum atomic E-state index is 12.1. The van der Waals surface area contributed by atoms with E-state index in [-0.39, 0.29) is 12.5 Å². The van der Waals surface area contributed by atoms with Gasteiger partial charge in [0.1, 0.15) is 9.88 Å². The van der Waals surface area contributed by atoms with E-state index in [0.717, 1.165) is 11.3 Å². The summed E-state index contributed by atoms with van der Waals surface area (Å²) >= 11 is 2.37. The lowest BCUT2D eigenvalue weighted by Gasteiger charge is -2.05. The van der Waals surface area contributed by atoms with Gasteiger partial charge in [-0.3, -0.25) is 4.79 Å². The van der Waals surface area contributed by atoms with Gasteiger partial charge in [0.15, 0.2) is 5.13 Å². The Labute approximate surface area is 123 Å². The maximum absolute atomic E-state index is 12.1. The fraction of sp³-hybridized carbons (Fsp3) is 0.250. The SMILES string of the molecule is CCOC(=O)c1ccsc1NC(=O)c1sc(N)nc1C. The first kappa shape index (κ1) is 14.5. The molecule has 0 aliphatic heterocycles. The first-order chi connectivity index (χ1) is 9.52. The smallest absolute Gasteiger partial charge is 0.341 e. The van der Waals surface area contributed by atoms with Crippen molar-refractivity contribution in [3.05, 3.63) is 27.6 Å². The molecule has 0 aromatic carbocycles. The van der Waals surface area contributed by atoms with Gasteiger partial charge in [0, 0.05) is 0 Å². The normalized spacial score (nSPS) is 10.3. The lowest BCUT2D eigenvalue weighted by molar-refractivity contribution is 0.0528. The number of nitrogens with two attached hydrogens (primary N) is 1. The number of amides is 1. The highest BCUT2D eigenvalue weighted by Gasteiger charge is 2.19. The zero-order valence-electron chi connectivity index (χ0n) is 10.9. The molecule has 3 N–H and O–H groups in total. The Bertz CT molecular complexity index is 648. The van der Waals surface area contributed by atoms with Crippen molar-refractivity contribution in [3.63, 3.8) is 0 Å². The molecule has 2 heterocycles. The molecule has 0 unspecified atom stereocenters. The number of carbonyl (C=O) groups excluding carboxylic acids is 2. The van der Waals surface area contributed by atoms with Crippen LogP contribution in [0.2, 0.25) is 0 Å². The summed E-state index contributed by atoms with van der Waals surface area (Å²) in [5.74, 6) is -0.783. The summed E-state index contributed by atoms with van der Waals surface area (Å²) in [5.41, 5.74) is 6.48. The lowest BCUT2D eigenvalue weighted by atomic mass is 10.3. The van der Waals surface area contributed by atoms with Crippen molar-refractivity contribution in [3.8, 4) is 0 Å². The minimum atomic E-state index is -0.454. The van der Waals surface area contributed by atoms with Crippen molar-refractivity contribution in [2.75, 3.05) is 17.7 Å². The van der Waals surface area contributed by atoms with Crippen LogP contribution in [0.3, 0.4) is 0 Å². The Morgan fingerprint density at radius 2 is 2.25 bits per heavy atom. The monoisotopic (exact) mass is 311 g/mol. The molecular formula is C12H13N3O3S2. The predicted molar refractivity (Wildman–Crippen MR) is 79.5 cm³/mol. The molecule has 1 amide bonds. The van der Waals surface area contributed by atoms with Crippen molar-refractivity contribution in [2.24, 2.45) is 0 Å². The molecule has 0 fully saturated rings. The number of carbonyl (C=O) groups is 2. The molecule has 0 bridgehead atoms. The fourth-order valence-corrected chi connectivity index (χ4v) is 3.06. The number of thiophene rings is 1. The minimum absolute atomic E-state index is 0.284. The van der Waals surface area contributed by atoms with Crippen molar-refractivity contribution in [2.45, 2.75) is 13.8 Å². The van der Waals surface area contributed by atoms with Crippen molar-refractivity contribution >= 4 is 44.7 Å². The molecule has 0 aliphatic carbocycles. The van der Waals surface area contributed by atoms with E-state index in [2.05, 4.69) is 10.3 Å². The Morgan fingerprint density at radius 3 is 2.85 bits per heavy atom. The molecule has 0 radical (unpaired) electrons. The van der Waals surface area contributed by atoms with Gasteiger partial charge in [-0.1, -0.05) is 11.3 Å². The molecule has 8 heteroatoms. The molecule has 0 saturated carbocycles. The highest BCUT2D eigenvalue weighted by molar-refractivity contribution is 7.18. The Balaban J connectivity index is 2.19. The molecule has 20 heavy (non-hydrogen) atoms. The number of anilines is 2. The highest BCUT2D eigenvalue weighted by atomic mass is 32.1. The molecule has 2 aromatic rings. The van der Waals surface area contributed by atoms with Gasteiger partial charge in [0.05, 0.1) is 17.9 Å². The molecule has 0 aliphatic rings. The summed E-state index contributed by atoms with van der Waals surface area (Å²) in [6.45, 7) is 3.72. The van der Waals surface area contributed by atoms with Gasteiger partial charge < -0.3 is 15.8 Å². The van der Waals surface area contributed by atoms with Gasteiger partial charge >= 0.3 is 5.97 Å². The van der Waals surface area contributed by atoms with Gasteiger partial charge in [-0.25, -0.2) is 9.78 Å². The summed E-state index contributed by atoms with van der Waals surface area (Å²) in [5, 5.41) is 5.21. The van der Waals surface area contributed by atoms with Crippen molar-refractivity contribution in [1.29, 1.82) is 0 Å². The average molecular weight is 311 g/mol. The Morgan fingerprint density at radius 1 is 1.50 bits per heavy atom. The van der Waals surface area contributed by atoms with Crippen LogP contribution in [0.25, 0.3) is 0 Å². The van der Waals surface area contributed by atoms with E-state index in [1.165, 1.54) is 11.3 Å². The third kappa shape index (κ3) is 2.97. The number of nitrogens with one attached hydrogen (secondary N) is 1. The second kappa shape index (κ2) is 6.02. The number of nitrogens with zero attached hydrogens (tertiary/aromatic N) is 1. The molecule has 106 valence electrons. The molecule has 0 atom stereocenters. The van der Waals surface area contributed by atoms with Crippen LogP contribution in [-0.2, 0) is 4.74 Å². The quantitative estimate of drug-likeness (QED) is 0.846. The molecular weight excluding hydrogens is 298 g/mol. The number of aromatic nitrogens is 1. The van der Waals surface area contributed by atoms with Crippen LogP contribution in [-0.4, -0.2) is 23.5 Å². The topological polar surface area (TPSA) is 94.3 Å². The molecule has 2 rings (SSSR count). The second-order valence-corrected chi connectivity index (χ2v) is 5.75. The Kier molecular flexibility index (Phi) is 4.35. The maximum Gasteiger partial charge on any atom is 0.341 e. The molecule has 6 nitrogen and oxygen atoms in total. The van der Waals surface area contributed by atoms with Gasteiger partial charge in [0.2, 0.25) is 0 Å². The third-order valence-corrected chi connectivity index (χ3v) is 4.22. The third-order valence-electron chi connectivity index (χ3n) is 2.41. The van der Waals surface area contributed by atoms with Crippen LogP contribution in [0.15, 0.2) is 11.4 Å². The van der Waals surface area contributed by atoms with Crippen LogP contribution in [0, 0.1) is 6.92 Å². The number of hydrogen-bond donors (Lipinski definition) is 2. The fourth-order valence-electron chi connectivity index (χ4n) is 1.56. The summed E-state index contributed by atoms with van der Waals surface area (Å²) in [7, 11) is 0. The van der Waals surface area contributed by atoms with E-state index in [9.17, 15) is 9.59 Å². The number of esters is 1. The highest BCUT2D eigenvalue weighted by Crippen LogP contribution is 2.27. The van der Waals surface area contributed by atoms with E-state index >= 15 is 0 Å². The van der Waals surface area contributed by atoms with Crippen molar-refractivity contribution < 1.29 is 14.3 Å². The number of ether oxygens (including phenoxy) is 1. The summed E-state index contributed by atoms with van der Waals surface area (Å²) in [6.07, 6.45) is 0. The number of thiazole rings is 1. The second-order valence-electron chi connectivity index (χ2n) is 3.80. The van der Waals surface area contributed by atoms with Crippen LogP contribution in [0.4, 0.5) is 10.1 Å². The first-order valence-electron chi connectivity index (χ1n) is 5.81. The zero-order valence-corrected chi connectivity index (χ0v) is 12.6. The summed E-state index contributed by atoms with van der Waals surface area (Å²) in [4.78, 5) is 28.3. The zero-order chi connectivity index (χ0) is 14.7. The standard InChI is InChI=1S/C12H13N3O3S2/c1-3-18-11(17)7-4-5-19-10(7)15-9(16)8-6(2)14-12(13)20-8/h4-5H,3H2,1-2H3,(H2,13,14)(H,15,16). The van der Waals surface area contributed by atoms with E-state index in [4.69, 9.17) is 10.5 Å². The number of aryl methyl sites for hydroxylation is 1. The predicted octanol–water partition coefficient (Wildman–Crippen LogP) is 2.52. The molecule has 0 saturated heterocycles. The van der Waals surface area contributed by atoms with Crippen LogP contribution < -0.4 is 11.1 Å². The largest absolute Gasteiger partial charge is 0.462 e. The van der Waals surface area contributed by atoms with Gasteiger partial charge in [-0.15, -0.1) is 11.3 Å². The van der Waals surface area contributed by atoms with Crippen molar-refractivity contribution in [1.82, 2.24) is 4.98 Å². The van der Waals surface area contributed by atoms with E-state index in [1.807, 2.05) is 0 Å². The molecule has 2 aromatic heterocycles. The number of nitrogen functional groups attached to an aromatic ring is 1. The lowest BCUT2D eigenvalue weighted by Crippen LogP contribution is -2.14. The van der Waals surface area contributed by atoms with Gasteiger partial charge in [-0.05, 0) is 25.3 Å². The molecule has 0 spiro atoms. The summed E-state index contributed by atoms with van der Waals surface area (Å²) in [6, 6.07) is 1.62. The van der Waals surface area contributed by atoms with Crippen LogP contribution >= 0.6 is 22.7 Å². The summed E-state index contributed by atoms with van der Waals surface area (Å²) < 4.78 is 4.93. The number of rotatable bonds is 4. The van der Waals surface area contributed by atoms with Gasteiger partial charge in [-0.2, -0.15) is 0 Å².